The highest BCUT2D eigenvalue weighted by Gasteiger charge is 2.31. The highest BCUT2D eigenvalue weighted by Crippen LogP contribution is 2.36. The van der Waals surface area contributed by atoms with E-state index in [4.69, 9.17) is 0 Å². The number of amides is 1. The van der Waals surface area contributed by atoms with Crippen LogP contribution < -0.4 is 10.2 Å². The van der Waals surface area contributed by atoms with Crippen molar-refractivity contribution in [1.82, 2.24) is 9.21 Å². The van der Waals surface area contributed by atoms with Gasteiger partial charge in [-0.1, -0.05) is 19.3 Å². The van der Waals surface area contributed by atoms with Crippen LogP contribution in [0, 0.1) is 11.8 Å². The number of sulfonamides is 1. The summed E-state index contributed by atoms with van der Waals surface area (Å²) in [7, 11) is 3.19. The predicted molar refractivity (Wildman–Crippen MR) is 117 cm³/mol. The molecule has 0 spiro atoms. The van der Waals surface area contributed by atoms with Crippen LogP contribution >= 0.6 is 0 Å². The second-order valence-electron chi connectivity index (χ2n) is 8.74. The van der Waals surface area contributed by atoms with E-state index in [0.717, 1.165) is 30.6 Å². The molecule has 162 valence electrons. The fourth-order valence-corrected chi connectivity index (χ4v) is 5.52. The largest absolute Gasteiger partial charge is 0.376 e. The van der Waals surface area contributed by atoms with Crippen LogP contribution in [-0.4, -0.2) is 71.4 Å². The lowest BCUT2D eigenvalue weighted by Gasteiger charge is -2.41. The molecule has 1 aromatic carbocycles. The van der Waals surface area contributed by atoms with Gasteiger partial charge in [-0.15, -0.1) is 0 Å². The Morgan fingerprint density at radius 2 is 1.79 bits per heavy atom. The van der Waals surface area contributed by atoms with Crippen LogP contribution in [0.3, 0.4) is 0 Å². The van der Waals surface area contributed by atoms with Gasteiger partial charge in [-0.05, 0) is 49.4 Å². The summed E-state index contributed by atoms with van der Waals surface area (Å²) in [5.41, 5.74) is 1.30. The van der Waals surface area contributed by atoms with E-state index in [1.165, 1.54) is 50.5 Å². The number of rotatable bonds is 6. The van der Waals surface area contributed by atoms with Gasteiger partial charge in [-0.2, -0.15) is 0 Å². The molecule has 1 amide bonds. The molecule has 1 saturated heterocycles. The Kier molecular flexibility index (Phi) is 6.86. The van der Waals surface area contributed by atoms with Gasteiger partial charge in [0.05, 0.1) is 22.8 Å². The first-order valence-corrected chi connectivity index (χ1v) is 11.9. The van der Waals surface area contributed by atoms with Crippen molar-refractivity contribution < 1.29 is 13.2 Å². The van der Waals surface area contributed by atoms with Gasteiger partial charge in [-0.25, -0.2) is 12.7 Å². The van der Waals surface area contributed by atoms with Crippen molar-refractivity contribution in [3.8, 4) is 0 Å². The topological polar surface area (TPSA) is 73.0 Å². The molecule has 1 aliphatic carbocycles. The molecule has 1 aromatic rings. The van der Waals surface area contributed by atoms with Crippen molar-refractivity contribution >= 4 is 27.3 Å². The second-order valence-corrected chi connectivity index (χ2v) is 10.9. The normalized spacial score (nSPS) is 22.9. The average Bonchev–Trinajstić information content (AvgIpc) is 2.67. The number of hydrogen-bond acceptors (Lipinski definition) is 5. The van der Waals surface area contributed by atoms with Gasteiger partial charge < -0.3 is 10.2 Å². The monoisotopic (exact) mass is 422 g/mol. The molecule has 0 unspecified atom stereocenters. The molecular formula is C21H34N4O3S. The summed E-state index contributed by atoms with van der Waals surface area (Å²) >= 11 is 0. The van der Waals surface area contributed by atoms with Gasteiger partial charge in [0, 0.05) is 34.7 Å². The summed E-state index contributed by atoms with van der Waals surface area (Å²) in [5, 5.41) is 2.96. The van der Waals surface area contributed by atoms with Crippen LogP contribution in [0.1, 0.15) is 32.1 Å². The summed E-state index contributed by atoms with van der Waals surface area (Å²) in [4.78, 5) is 17.1. The first-order valence-electron chi connectivity index (χ1n) is 10.4. The lowest BCUT2D eigenvalue weighted by molar-refractivity contribution is -0.118. The number of benzene rings is 1. The summed E-state index contributed by atoms with van der Waals surface area (Å²) in [6.07, 6.45) is 6.45. The number of anilines is 2. The minimum Gasteiger partial charge on any atom is -0.376 e. The van der Waals surface area contributed by atoms with E-state index in [1.54, 1.807) is 18.2 Å². The summed E-state index contributed by atoms with van der Waals surface area (Å²) in [5.74, 6) is 1.45. The van der Waals surface area contributed by atoms with Crippen LogP contribution in [0.4, 0.5) is 11.4 Å². The van der Waals surface area contributed by atoms with Gasteiger partial charge in [-0.3, -0.25) is 9.69 Å². The first-order chi connectivity index (χ1) is 13.7. The summed E-state index contributed by atoms with van der Waals surface area (Å²) < 4.78 is 26.2. The lowest BCUT2D eigenvalue weighted by Crippen LogP contribution is -2.44. The van der Waals surface area contributed by atoms with Crippen LogP contribution in [0.2, 0.25) is 0 Å². The zero-order valence-corrected chi connectivity index (χ0v) is 18.8. The highest BCUT2D eigenvalue weighted by molar-refractivity contribution is 7.89. The maximum Gasteiger partial charge on any atom is 0.242 e. The van der Waals surface area contributed by atoms with E-state index in [0.29, 0.717) is 12.2 Å². The van der Waals surface area contributed by atoms with E-state index in [9.17, 15) is 13.2 Å². The Morgan fingerprint density at radius 1 is 1.10 bits per heavy atom. The molecule has 2 aliphatic rings. The number of carbonyl (C=O) groups is 1. The Bertz CT molecular complexity index is 838. The van der Waals surface area contributed by atoms with Crippen molar-refractivity contribution in [2.45, 2.75) is 37.0 Å². The van der Waals surface area contributed by atoms with Gasteiger partial charge >= 0.3 is 0 Å². The van der Waals surface area contributed by atoms with Gasteiger partial charge in [0.1, 0.15) is 0 Å². The van der Waals surface area contributed by atoms with E-state index >= 15 is 0 Å². The van der Waals surface area contributed by atoms with Crippen molar-refractivity contribution in [2.24, 2.45) is 11.8 Å². The number of piperidine rings is 1. The van der Waals surface area contributed by atoms with E-state index in [1.807, 2.05) is 19.0 Å². The zero-order valence-electron chi connectivity index (χ0n) is 18.0. The van der Waals surface area contributed by atoms with Crippen molar-refractivity contribution in [3.63, 3.8) is 0 Å². The smallest absolute Gasteiger partial charge is 0.242 e. The second kappa shape index (κ2) is 9.02. The lowest BCUT2D eigenvalue weighted by atomic mass is 9.75. The van der Waals surface area contributed by atoms with Crippen LogP contribution in [0.5, 0.6) is 0 Å². The molecule has 1 aliphatic heterocycles. The minimum absolute atomic E-state index is 0.0956. The molecule has 7 nitrogen and oxygen atoms in total. The molecular weight excluding hydrogens is 388 g/mol. The molecule has 29 heavy (non-hydrogen) atoms. The molecule has 0 radical (unpaired) electrons. The van der Waals surface area contributed by atoms with Gasteiger partial charge in [0.15, 0.2) is 0 Å². The van der Waals surface area contributed by atoms with Crippen molar-refractivity contribution in [1.29, 1.82) is 0 Å². The van der Waals surface area contributed by atoms with Gasteiger partial charge in [0.2, 0.25) is 15.9 Å². The summed E-state index contributed by atoms with van der Waals surface area (Å²) in [6.45, 7) is 2.30. The maximum absolute atomic E-state index is 12.8. The molecule has 3 rings (SSSR count). The third kappa shape index (κ3) is 5.10. The maximum atomic E-state index is 12.8. The number of carbonyl (C=O) groups excluding carboxylic acids is 1. The molecule has 0 bridgehead atoms. The van der Waals surface area contributed by atoms with E-state index < -0.39 is 10.0 Å². The Balaban J connectivity index is 1.71. The Labute approximate surface area is 175 Å². The van der Waals surface area contributed by atoms with Gasteiger partial charge in [0.25, 0.3) is 0 Å². The number of hydrogen-bond donors (Lipinski definition) is 1. The summed E-state index contributed by atoms with van der Waals surface area (Å²) in [6, 6.07) is 4.86. The fourth-order valence-electron chi connectivity index (χ4n) is 4.59. The van der Waals surface area contributed by atoms with Crippen LogP contribution in [-0.2, 0) is 14.8 Å². The van der Waals surface area contributed by atoms with E-state index in [2.05, 4.69) is 10.2 Å². The first kappa shape index (κ1) is 22.1. The predicted octanol–water partition coefficient (Wildman–Crippen LogP) is 2.45. The zero-order chi connectivity index (χ0) is 21.2. The van der Waals surface area contributed by atoms with Crippen molar-refractivity contribution in [3.05, 3.63) is 18.2 Å². The van der Waals surface area contributed by atoms with E-state index in [-0.39, 0.29) is 10.8 Å². The Hall–Kier alpha value is -1.64. The molecule has 0 aromatic heterocycles. The third-order valence-electron chi connectivity index (χ3n) is 6.25. The minimum atomic E-state index is -3.57. The number of likely N-dealkylation sites (tertiary alicyclic amines) is 1. The quantitative estimate of drug-likeness (QED) is 0.762. The van der Waals surface area contributed by atoms with Crippen LogP contribution in [0.25, 0.3) is 0 Å². The van der Waals surface area contributed by atoms with Crippen LogP contribution in [0.15, 0.2) is 23.1 Å². The van der Waals surface area contributed by atoms with Crippen molar-refractivity contribution in [2.75, 3.05) is 58.0 Å². The molecule has 2 atom stereocenters. The Morgan fingerprint density at radius 3 is 2.45 bits per heavy atom. The SMILES string of the molecule is CN(C)c1ccc(S(=O)(=O)N(C)C)cc1NC(=O)CN1CC[C@@H]2CCCC[C@@H]2C1. The molecule has 1 heterocycles. The molecule has 8 heteroatoms. The molecule has 2 fully saturated rings. The number of nitrogens with zero attached hydrogens (tertiary/aromatic N) is 3. The highest BCUT2D eigenvalue weighted by atomic mass is 32.2. The molecule has 1 saturated carbocycles. The number of fused-ring (bicyclic) bond motifs is 1. The molecule has 1 N–H and O–H groups in total. The average molecular weight is 423 g/mol. The standard InChI is InChI=1S/C21H34N4O3S/c1-23(2)20-10-9-18(29(27,28)24(3)4)13-19(20)22-21(26)15-25-12-11-16-7-5-6-8-17(16)14-25/h9-10,13,16-17H,5-8,11-12,14-15H2,1-4H3,(H,22,26)/t16-,17+/m0/s1. The fraction of sp³-hybridized carbons (Fsp3) is 0.667. The number of nitrogens with one attached hydrogen (secondary N) is 1. The third-order valence-corrected chi connectivity index (χ3v) is 8.06.